The van der Waals surface area contributed by atoms with Gasteiger partial charge in [0.05, 0.1) is 38.9 Å². The van der Waals surface area contributed by atoms with Crippen molar-refractivity contribution in [3.63, 3.8) is 0 Å². The van der Waals surface area contributed by atoms with E-state index in [2.05, 4.69) is 13.2 Å². The van der Waals surface area contributed by atoms with Crippen LogP contribution in [0.5, 0.6) is 23.0 Å². The summed E-state index contributed by atoms with van der Waals surface area (Å²) in [5, 5.41) is -0.969. The highest BCUT2D eigenvalue weighted by molar-refractivity contribution is 7.89. The molecule has 0 aliphatic rings. The first-order valence-electron chi connectivity index (χ1n) is 18.5. The fourth-order valence-corrected chi connectivity index (χ4v) is 8.92. The molecule has 0 bridgehead atoms. The fourth-order valence-electron chi connectivity index (χ4n) is 5.72. The summed E-state index contributed by atoms with van der Waals surface area (Å²) >= 11 is 0. The molecule has 0 heterocycles. The van der Waals surface area contributed by atoms with E-state index in [1.165, 1.54) is 0 Å². The minimum absolute atomic E-state index is 0.302. The standard InChI is InChI=1S/2C22H29NO4S/c2*1-5-6-7-18(2)28(24,25)23(16-19-8-12-21(26-3)13-9-19)17-20-10-14-22(27-4)15-11-20/h2*5,8-15,18H,1,6-7,16-17H2,2-4H3/t2*18-/m10/s1. The Balaban J connectivity index is 0.000000300. The van der Waals surface area contributed by atoms with Crippen molar-refractivity contribution in [2.75, 3.05) is 28.4 Å². The second-order valence-electron chi connectivity index (χ2n) is 13.4. The van der Waals surface area contributed by atoms with E-state index in [9.17, 15) is 16.8 Å². The lowest BCUT2D eigenvalue weighted by Crippen LogP contribution is -2.36. The number of hydrogen-bond donors (Lipinski definition) is 0. The molecule has 56 heavy (non-hydrogen) atoms. The second-order valence-corrected chi connectivity index (χ2v) is 18.1. The number of rotatable bonds is 22. The van der Waals surface area contributed by atoms with Gasteiger partial charge in [-0.05, 0) is 110 Å². The summed E-state index contributed by atoms with van der Waals surface area (Å²) in [5.74, 6) is 2.97. The summed E-state index contributed by atoms with van der Waals surface area (Å²) in [6.07, 6.45) is 5.94. The van der Waals surface area contributed by atoms with Gasteiger partial charge in [0, 0.05) is 26.2 Å². The van der Waals surface area contributed by atoms with Gasteiger partial charge in [-0.2, -0.15) is 8.61 Å². The summed E-state index contributed by atoms with van der Waals surface area (Å²) in [7, 11) is -0.525. The summed E-state index contributed by atoms with van der Waals surface area (Å²) in [6.45, 7) is 12.1. The zero-order valence-electron chi connectivity index (χ0n) is 33.6. The molecule has 4 rings (SSSR count). The molecule has 0 N–H and O–H groups in total. The highest BCUT2D eigenvalue weighted by Crippen LogP contribution is 2.25. The van der Waals surface area contributed by atoms with Crippen molar-refractivity contribution in [2.45, 2.75) is 76.2 Å². The van der Waals surface area contributed by atoms with Gasteiger partial charge in [-0.1, -0.05) is 60.7 Å². The molecule has 4 aromatic rings. The number of nitrogens with zero attached hydrogens (tertiary/aromatic N) is 2. The Kier molecular flexibility index (Phi) is 18.6. The van der Waals surface area contributed by atoms with Gasteiger partial charge < -0.3 is 18.9 Å². The molecule has 0 aliphatic carbocycles. The van der Waals surface area contributed by atoms with Crippen LogP contribution in [0.4, 0.5) is 0 Å². The normalized spacial score (nSPS) is 12.6. The number of methoxy groups -OCH3 is 4. The van der Waals surface area contributed by atoms with Crippen LogP contribution in [0.25, 0.3) is 0 Å². The number of hydrogen-bond acceptors (Lipinski definition) is 8. The molecular formula is C44H58N2O8S2. The van der Waals surface area contributed by atoms with Crippen molar-refractivity contribution in [1.29, 1.82) is 0 Å². The quantitative estimate of drug-likeness (QED) is 0.0726. The topological polar surface area (TPSA) is 112 Å². The van der Waals surface area contributed by atoms with Crippen molar-refractivity contribution in [3.8, 4) is 23.0 Å². The van der Waals surface area contributed by atoms with Crippen molar-refractivity contribution >= 4 is 20.0 Å². The maximum Gasteiger partial charge on any atom is 0.217 e. The lowest BCUT2D eigenvalue weighted by atomic mass is 10.2. The van der Waals surface area contributed by atoms with Gasteiger partial charge in [0.1, 0.15) is 23.0 Å². The second kappa shape index (κ2) is 22.8. The Morgan fingerprint density at radius 2 is 0.679 bits per heavy atom. The van der Waals surface area contributed by atoms with Crippen LogP contribution in [0.15, 0.2) is 122 Å². The molecule has 304 valence electrons. The van der Waals surface area contributed by atoms with E-state index in [1.807, 2.05) is 97.1 Å². The molecule has 0 fully saturated rings. The van der Waals surface area contributed by atoms with Crippen LogP contribution in [0.2, 0.25) is 0 Å². The van der Waals surface area contributed by atoms with E-state index >= 15 is 0 Å². The van der Waals surface area contributed by atoms with Gasteiger partial charge >= 0.3 is 0 Å². The highest BCUT2D eigenvalue weighted by Gasteiger charge is 2.30. The lowest BCUT2D eigenvalue weighted by molar-refractivity contribution is 0.390. The van der Waals surface area contributed by atoms with Crippen LogP contribution in [-0.4, -0.2) is 64.4 Å². The van der Waals surface area contributed by atoms with Crippen LogP contribution >= 0.6 is 0 Å². The maximum absolute atomic E-state index is 13.2. The van der Waals surface area contributed by atoms with E-state index < -0.39 is 30.5 Å². The van der Waals surface area contributed by atoms with Gasteiger partial charge in [-0.15, -0.1) is 13.2 Å². The van der Waals surface area contributed by atoms with Crippen molar-refractivity contribution in [2.24, 2.45) is 0 Å². The monoisotopic (exact) mass is 806 g/mol. The molecule has 10 nitrogen and oxygen atoms in total. The molecule has 0 aromatic heterocycles. The largest absolute Gasteiger partial charge is 0.497 e. The molecule has 4 aromatic carbocycles. The first kappa shape index (κ1) is 45.8. The fraction of sp³-hybridized carbons (Fsp3) is 0.364. The molecular weight excluding hydrogens is 749 g/mol. The van der Waals surface area contributed by atoms with Crippen LogP contribution in [-0.2, 0) is 46.2 Å². The Hall–Kier alpha value is -4.62. The van der Waals surface area contributed by atoms with Gasteiger partial charge in [0.2, 0.25) is 20.0 Å². The molecule has 12 heteroatoms. The summed E-state index contributed by atoms with van der Waals surface area (Å²) in [5.41, 5.74) is 3.64. The third-order valence-electron chi connectivity index (χ3n) is 9.36. The first-order chi connectivity index (χ1) is 26.8. The van der Waals surface area contributed by atoms with Crippen LogP contribution in [0, 0.1) is 0 Å². The Labute approximate surface area is 335 Å². The van der Waals surface area contributed by atoms with E-state index in [4.69, 9.17) is 18.9 Å². The third-order valence-corrected chi connectivity index (χ3v) is 13.8. The van der Waals surface area contributed by atoms with E-state index in [0.29, 0.717) is 51.9 Å². The number of ether oxygens (including phenoxy) is 4. The first-order valence-corrected chi connectivity index (χ1v) is 21.5. The average molecular weight is 807 g/mol. The molecule has 0 unspecified atom stereocenters. The molecule has 2 atom stereocenters. The molecule has 0 radical (unpaired) electrons. The Bertz CT molecular complexity index is 1740. The molecule has 0 saturated carbocycles. The Morgan fingerprint density at radius 1 is 0.464 bits per heavy atom. The minimum atomic E-state index is -3.48. The number of benzene rings is 4. The Morgan fingerprint density at radius 3 is 0.857 bits per heavy atom. The van der Waals surface area contributed by atoms with Crippen molar-refractivity contribution < 1.29 is 35.8 Å². The van der Waals surface area contributed by atoms with E-state index in [-0.39, 0.29) is 0 Å². The molecule has 0 spiro atoms. The van der Waals surface area contributed by atoms with Gasteiger partial charge in [-0.3, -0.25) is 0 Å². The molecule has 0 aliphatic heterocycles. The zero-order valence-corrected chi connectivity index (χ0v) is 35.2. The zero-order chi connectivity index (χ0) is 41.1. The third kappa shape index (κ3) is 13.8. The van der Waals surface area contributed by atoms with Crippen LogP contribution in [0.3, 0.4) is 0 Å². The van der Waals surface area contributed by atoms with Gasteiger partial charge in [0.25, 0.3) is 0 Å². The SMILES string of the molecule is C=CCC[C@@H](C)S(=O)(=O)N(Cc1ccc(OC)cc1)Cc1ccc(OC)cc1.C=CCC[C@H](C)S(=O)(=O)N(Cc1ccc(OC)cc1)Cc1ccc(OC)cc1. The van der Waals surface area contributed by atoms with Crippen LogP contribution < -0.4 is 18.9 Å². The summed E-state index contributed by atoms with van der Waals surface area (Å²) < 4.78 is 76.8. The van der Waals surface area contributed by atoms with E-state index in [0.717, 1.165) is 45.3 Å². The van der Waals surface area contributed by atoms with Crippen molar-refractivity contribution in [3.05, 3.63) is 145 Å². The van der Waals surface area contributed by atoms with Crippen LogP contribution in [0.1, 0.15) is 61.8 Å². The van der Waals surface area contributed by atoms with Gasteiger partial charge in [0.15, 0.2) is 0 Å². The predicted octanol–water partition coefficient (Wildman–Crippen LogP) is 8.78. The minimum Gasteiger partial charge on any atom is -0.497 e. The lowest BCUT2D eigenvalue weighted by Gasteiger charge is -2.26. The molecule has 0 amide bonds. The number of sulfonamides is 2. The highest BCUT2D eigenvalue weighted by atomic mass is 32.2. The summed E-state index contributed by atoms with van der Waals surface area (Å²) in [6, 6.07) is 29.9. The number of allylic oxidation sites excluding steroid dienone is 2. The maximum atomic E-state index is 13.2. The predicted molar refractivity (Wildman–Crippen MR) is 226 cm³/mol. The average Bonchev–Trinajstić information content (AvgIpc) is 3.22. The van der Waals surface area contributed by atoms with Crippen molar-refractivity contribution in [1.82, 2.24) is 8.61 Å². The molecule has 0 saturated heterocycles. The summed E-state index contributed by atoms with van der Waals surface area (Å²) in [4.78, 5) is 0. The van der Waals surface area contributed by atoms with E-state index in [1.54, 1.807) is 63.0 Å². The van der Waals surface area contributed by atoms with Gasteiger partial charge in [-0.25, -0.2) is 16.8 Å². The smallest absolute Gasteiger partial charge is 0.217 e.